The molecule has 1 heterocycles. The van der Waals surface area contributed by atoms with Crippen molar-refractivity contribution in [3.8, 4) is 0 Å². The Bertz CT molecular complexity index is 1040. The van der Waals surface area contributed by atoms with Gasteiger partial charge in [-0.25, -0.2) is 4.68 Å². The lowest BCUT2D eigenvalue weighted by Crippen LogP contribution is -2.34. The number of aromatic nitrogens is 3. The van der Waals surface area contributed by atoms with E-state index in [0.717, 1.165) is 27.7 Å². The van der Waals surface area contributed by atoms with Crippen LogP contribution in [0.4, 0.5) is 0 Å². The summed E-state index contributed by atoms with van der Waals surface area (Å²) in [5.41, 5.74) is 4.24. The highest BCUT2D eigenvalue weighted by Crippen LogP contribution is 2.44. The van der Waals surface area contributed by atoms with Crippen LogP contribution in [0.25, 0.3) is 11.0 Å². The van der Waals surface area contributed by atoms with Gasteiger partial charge < -0.3 is 9.84 Å². The molecule has 0 aliphatic rings. The van der Waals surface area contributed by atoms with E-state index < -0.39 is 5.41 Å². The van der Waals surface area contributed by atoms with E-state index in [9.17, 15) is 9.90 Å². The Morgan fingerprint density at radius 2 is 2.04 bits per heavy atom. The van der Waals surface area contributed by atoms with Crippen molar-refractivity contribution in [3.05, 3.63) is 57.6 Å². The molecule has 2 aromatic carbocycles. The lowest BCUT2D eigenvalue weighted by molar-refractivity contribution is -0.151. The Balaban J connectivity index is 2.28. The van der Waals surface area contributed by atoms with Crippen molar-refractivity contribution in [2.45, 2.75) is 33.3 Å². The third-order valence-electron chi connectivity index (χ3n) is 5.40. The third kappa shape index (κ3) is 3.27. The van der Waals surface area contributed by atoms with E-state index in [2.05, 4.69) is 10.3 Å². The number of hydrogen-bond donors (Lipinski definition) is 1. The predicted molar refractivity (Wildman–Crippen MR) is 108 cm³/mol. The molecule has 3 aromatic rings. The average molecular weight is 402 g/mol. The first kappa shape index (κ1) is 20.3. The summed E-state index contributed by atoms with van der Waals surface area (Å²) in [5, 5.41) is 18.5. The molecule has 0 aliphatic heterocycles. The first-order chi connectivity index (χ1) is 13.2. The van der Waals surface area contributed by atoms with Gasteiger partial charge in [0, 0.05) is 18.0 Å². The van der Waals surface area contributed by atoms with Crippen LogP contribution < -0.4 is 0 Å². The number of benzene rings is 2. The van der Waals surface area contributed by atoms with Gasteiger partial charge in [0.1, 0.15) is 5.52 Å². The molecule has 1 aromatic heterocycles. The molecule has 0 saturated heterocycles. The molecule has 0 amide bonds. The standard InChI is InChI=1S/C21H24ClN3O3/c1-12-15(7-9-17-19(12)23-24-25(17)4)18(21(2,3)20(27)28-5)13-6-8-16(22)14(10-13)11-26/h6-10,18,26H,11H2,1-5H3. The van der Waals surface area contributed by atoms with E-state index in [1.54, 1.807) is 10.7 Å². The quantitative estimate of drug-likeness (QED) is 0.659. The number of aliphatic hydroxyl groups is 1. The van der Waals surface area contributed by atoms with Gasteiger partial charge in [0.15, 0.2) is 0 Å². The number of ether oxygens (including phenoxy) is 1. The van der Waals surface area contributed by atoms with Crippen LogP contribution in [0.15, 0.2) is 30.3 Å². The minimum absolute atomic E-state index is 0.180. The number of aryl methyl sites for hydroxylation is 2. The summed E-state index contributed by atoms with van der Waals surface area (Å²) in [6.07, 6.45) is 0. The zero-order valence-corrected chi connectivity index (χ0v) is 17.4. The molecular weight excluding hydrogens is 378 g/mol. The number of methoxy groups -OCH3 is 1. The summed E-state index contributed by atoms with van der Waals surface area (Å²) < 4.78 is 6.83. The van der Waals surface area contributed by atoms with Gasteiger partial charge in [-0.1, -0.05) is 35.0 Å². The fourth-order valence-corrected chi connectivity index (χ4v) is 4.00. The third-order valence-corrected chi connectivity index (χ3v) is 5.77. The first-order valence-corrected chi connectivity index (χ1v) is 9.36. The van der Waals surface area contributed by atoms with Crippen molar-refractivity contribution in [1.29, 1.82) is 0 Å². The second-order valence-electron chi connectivity index (χ2n) is 7.52. The molecule has 1 unspecified atom stereocenters. The predicted octanol–water partition coefficient (Wildman–Crippen LogP) is 3.75. The number of carbonyl (C=O) groups is 1. The summed E-state index contributed by atoms with van der Waals surface area (Å²) in [7, 11) is 3.23. The maximum Gasteiger partial charge on any atom is 0.312 e. The number of esters is 1. The summed E-state index contributed by atoms with van der Waals surface area (Å²) in [6.45, 7) is 5.52. The number of fused-ring (bicyclic) bond motifs is 1. The van der Waals surface area contributed by atoms with E-state index >= 15 is 0 Å². The van der Waals surface area contributed by atoms with E-state index in [4.69, 9.17) is 16.3 Å². The van der Waals surface area contributed by atoms with Crippen molar-refractivity contribution in [2.24, 2.45) is 12.5 Å². The fraction of sp³-hybridized carbons (Fsp3) is 0.381. The van der Waals surface area contributed by atoms with Crippen molar-refractivity contribution in [1.82, 2.24) is 15.0 Å². The summed E-state index contributed by atoms with van der Waals surface area (Å²) in [6, 6.07) is 9.44. The van der Waals surface area contributed by atoms with Crippen molar-refractivity contribution >= 4 is 28.6 Å². The molecule has 0 radical (unpaired) electrons. The van der Waals surface area contributed by atoms with Crippen LogP contribution in [-0.4, -0.2) is 33.2 Å². The van der Waals surface area contributed by atoms with E-state index in [1.165, 1.54) is 7.11 Å². The lowest BCUT2D eigenvalue weighted by Gasteiger charge is -2.34. The number of nitrogens with zero attached hydrogens (tertiary/aromatic N) is 3. The van der Waals surface area contributed by atoms with Crippen LogP contribution in [0.5, 0.6) is 0 Å². The largest absolute Gasteiger partial charge is 0.469 e. The summed E-state index contributed by atoms with van der Waals surface area (Å²) >= 11 is 6.19. The average Bonchev–Trinajstić information content (AvgIpc) is 3.05. The second kappa shape index (κ2) is 7.53. The smallest absolute Gasteiger partial charge is 0.312 e. The number of hydrogen-bond acceptors (Lipinski definition) is 5. The molecule has 148 valence electrons. The Morgan fingerprint density at radius 1 is 1.32 bits per heavy atom. The molecule has 6 nitrogen and oxygen atoms in total. The molecule has 0 bridgehead atoms. The van der Waals surface area contributed by atoms with Gasteiger partial charge in [-0.05, 0) is 55.2 Å². The Kier molecular flexibility index (Phi) is 5.46. The van der Waals surface area contributed by atoms with Gasteiger partial charge in [-0.2, -0.15) is 0 Å². The second-order valence-corrected chi connectivity index (χ2v) is 7.92. The molecule has 0 fully saturated rings. The lowest BCUT2D eigenvalue weighted by atomic mass is 9.70. The molecular formula is C21H24ClN3O3. The number of halogens is 1. The number of aliphatic hydroxyl groups excluding tert-OH is 1. The van der Waals surface area contributed by atoms with Crippen molar-refractivity contribution < 1.29 is 14.6 Å². The Hall–Kier alpha value is -2.44. The SMILES string of the molecule is COC(=O)C(C)(C)C(c1ccc(Cl)c(CO)c1)c1ccc2c(nnn2C)c1C. The maximum atomic E-state index is 12.7. The van der Waals surface area contributed by atoms with Crippen LogP contribution in [0.2, 0.25) is 5.02 Å². The van der Waals surface area contributed by atoms with Crippen molar-refractivity contribution in [3.63, 3.8) is 0 Å². The minimum atomic E-state index is -0.865. The highest BCUT2D eigenvalue weighted by atomic mass is 35.5. The molecule has 3 rings (SSSR count). The summed E-state index contributed by atoms with van der Waals surface area (Å²) in [5.74, 6) is -0.648. The van der Waals surface area contributed by atoms with Gasteiger partial charge in [0.25, 0.3) is 0 Å². The fourth-order valence-electron chi connectivity index (χ4n) is 3.82. The highest BCUT2D eigenvalue weighted by Gasteiger charge is 2.41. The molecule has 0 saturated carbocycles. The molecule has 1 atom stereocenters. The zero-order chi connectivity index (χ0) is 20.6. The number of rotatable bonds is 5. The molecule has 7 heteroatoms. The van der Waals surface area contributed by atoms with Gasteiger partial charge >= 0.3 is 5.97 Å². The first-order valence-electron chi connectivity index (χ1n) is 8.98. The van der Waals surface area contributed by atoms with Gasteiger partial charge in [0.05, 0.1) is 24.6 Å². The zero-order valence-electron chi connectivity index (χ0n) is 16.7. The highest BCUT2D eigenvalue weighted by molar-refractivity contribution is 6.31. The molecule has 1 N–H and O–H groups in total. The molecule has 0 spiro atoms. The van der Waals surface area contributed by atoms with Crippen LogP contribution in [0, 0.1) is 12.3 Å². The van der Waals surface area contributed by atoms with Crippen LogP contribution in [0.1, 0.15) is 42.0 Å². The normalized spacial score (nSPS) is 13.0. The van der Waals surface area contributed by atoms with Gasteiger partial charge in [-0.15, -0.1) is 5.10 Å². The Morgan fingerprint density at radius 3 is 2.68 bits per heavy atom. The number of carbonyl (C=O) groups excluding carboxylic acids is 1. The van der Waals surface area contributed by atoms with Crippen LogP contribution in [0.3, 0.4) is 0 Å². The van der Waals surface area contributed by atoms with Crippen LogP contribution in [-0.2, 0) is 23.2 Å². The monoisotopic (exact) mass is 401 g/mol. The van der Waals surface area contributed by atoms with Gasteiger partial charge in [-0.3, -0.25) is 4.79 Å². The van der Waals surface area contributed by atoms with Gasteiger partial charge in [0.2, 0.25) is 0 Å². The Labute approximate surface area is 169 Å². The van der Waals surface area contributed by atoms with E-state index in [0.29, 0.717) is 10.6 Å². The van der Waals surface area contributed by atoms with Crippen molar-refractivity contribution in [2.75, 3.05) is 7.11 Å². The molecule has 28 heavy (non-hydrogen) atoms. The van der Waals surface area contributed by atoms with E-state index in [-0.39, 0.29) is 18.5 Å². The topological polar surface area (TPSA) is 77.2 Å². The van der Waals surface area contributed by atoms with E-state index in [1.807, 2.05) is 52.1 Å². The van der Waals surface area contributed by atoms with Crippen LogP contribution >= 0.6 is 11.6 Å². The molecule has 0 aliphatic carbocycles. The summed E-state index contributed by atoms with van der Waals surface area (Å²) in [4.78, 5) is 12.7. The minimum Gasteiger partial charge on any atom is -0.469 e. The maximum absolute atomic E-state index is 12.7.